The predicted octanol–water partition coefficient (Wildman–Crippen LogP) is 2.77. The van der Waals surface area contributed by atoms with Crippen molar-refractivity contribution in [3.8, 4) is 0 Å². The number of aryl methyl sites for hydroxylation is 1. The summed E-state index contributed by atoms with van der Waals surface area (Å²) in [7, 11) is 0. The summed E-state index contributed by atoms with van der Waals surface area (Å²) in [5.41, 5.74) is 1.47. The van der Waals surface area contributed by atoms with Crippen LogP contribution in [0, 0.1) is 0 Å². The lowest BCUT2D eigenvalue weighted by Crippen LogP contribution is -2.42. The first-order valence-electron chi connectivity index (χ1n) is 7.62. The normalized spacial score (nSPS) is 11.8. The summed E-state index contributed by atoms with van der Waals surface area (Å²) in [4.78, 5) is 15.1. The molecular formula is C17H24N2O2. The Balaban J connectivity index is 1.87. The van der Waals surface area contributed by atoms with Crippen LogP contribution in [0.2, 0.25) is 0 Å². The first-order chi connectivity index (χ1) is 10.1. The molecule has 0 atom stereocenters. The van der Waals surface area contributed by atoms with Crippen LogP contribution in [0.1, 0.15) is 38.7 Å². The predicted molar refractivity (Wildman–Crippen MR) is 85.2 cm³/mol. The third-order valence-electron chi connectivity index (χ3n) is 4.23. The molecule has 0 aliphatic carbocycles. The van der Waals surface area contributed by atoms with Gasteiger partial charge in [-0.15, -0.1) is 0 Å². The average molecular weight is 288 g/mol. The van der Waals surface area contributed by atoms with Crippen LogP contribution in [0.5, 0.6) is 0 Å². The van der Waals surface area contributed by atoms with E-state index >= 15 is 0 Å². The highest BCUT2D eigenvalue weighted by Gasteiger charge is 2.22. The summed E-state index contributed by atoms with van der Waals surface area (Å²) in [5.74, 6) is -0.0133. The van der Waals surface area contributed by atoms with E-state index in [0.717, 1.165) is 11.1 Å². The number of hydrogen-bond acceptors (Lipinski definition) is 2. The molecule has 1 amide bonds. The van der Waals surface area contributed by atoms with Crippen LogP contribution in [0.4, 0.5) is 0 Å². The number of aromatic nitrogens is 1. The summed E-state index contributed by atoms with van der Waals surface area (Å²) in [5, 5.41) is 14.2. The second-order valence-corrected chi connectivity index (χ2v) is 5.57. The molecule has 0 saturated heterocycles. The fourth-order valence-corrected chi connectivity index (χ4v) is 2.44. The van der Waals surface area contributed by atoms with Crippen molar-refractivity contribution in [1.29, 1.82) is 0 Å². The van der Waals surface area contributed by atoms with Crippen LogP contribution < -0.4 is 5.32 Å². The van der Waals surface area contributed by atoms with Gasteiger partial charge in [0.05, 0.1) is 5.60 Å². The quantitative estimate of drug-likeness (QED) is 0.733. The zero-order valence-electron chi connectivity index (χ0n) is 12.8. The number of nitrogens with one attached hydrogen (secondary N) is 2. The number of fused-ring (bicyclic) bond motifs is 1. The molecule has 0 aliphatic heterocycles. The minimum absolute atomic E-state index is 0.0133. The van der Waals surface area contributed by atoms with E-state index in [4.69, 9.17) is 0 Å². The third-order valence-corrected chi connectivity index (χ3v) is 4.23. The molecule has 0 aliphatic rings. The maximum Gasteiger partial charge on any atom is 0.220 e. The Kier molecular flexibility index (Phi) is 5.02. The number of rotatable bonds is 7. The van der Waals surface area contributed by atoms with Crippen molar-refractivity contribution in [3.63, 3.8) is 0 Å². The van der Waals surface area contributed by atoms with Gasteiger partial charge in [0.1, 0.15) is 0 Å². The van der Waals surface area contributed by atoms with E-state index in [1.807, 2.05) is 38.2 Å². The number of aliphatic hydroxyl groups is 1. The largest absolute Gasteiger partial charge is 0.388 e. The summed E-state index contributed by atoms with van der Waals surface area (Å²) in [6.45, 7) is 4.19. The van der Waals surface area contributed by atoms with Gasteiger partial charge in [-0.1, -0.05) is 32.0 Å². The SMILES string of the molecule is CCC(O)(CC)CNC(=O)CCc1c[nH]c2ccccc12. The summed E-state index contributed by atoms with van der Waals surface area (Å²) >= 11 is 0. The fourth-order valence-electron chi connectivity index (χ4n) is 2.44. The Morgan fingerprint density at radius 2 is 2.00 bits per heavy atom. The molecule has 1 aromatic carbocycles. The Hall–Kier alpha value is -1.81. The van der Waals surface area contributed by atoms with Crippen LogP contribution in [0.25, 0.3) is 10.9 Å². The number of para-hydroxylation sites is 1. The molecule has 1 heterocycles. The Morgan fingerprint density at radius 3 is 2.71 bits per heavy atom. The lowest BCUT2D eigenvalue weighted by molar-refractivity contribution is -0.122. The van der Waals surface area contributed by atoms with Gasteiger partial charge in [-0.05, 0) is 30.9 Å². The first kappa shape index (κ1) is 15.6. The minimum Gasteiger partial charge on any atom is -0.388 e. The molecule has 114 valence electrons. The molecule has 21 heavy (non-hydrogen) atoms. The second-order valence-electron chi connectivity index (χ2n) is 5.57. The number of amides is 1. The molecule has 0 radical (unpaired) electrons. The van der Waals surface area contributed by atoms with E-state index in [1.54, 1.807) is 0 Å². The summed E-state index contributed by atoms with van der Waals surface area (Å²) in [6, 6.07) is 8.08. The molecule has 2 rings (SSSR count). The van der Waals surface area contributed by atoms with Gasteiger partial charge < -0.3 is 15.4 Å². The standard InChI is InChI=1S/C17H24N2O2/c1-3-17(21,4-2)12-19-16(20)10-9-13-11-18-15-8-6-5-7-14(13)15/h5-8,11,18,21H,3-4,9-10,12H2,1-2H3,(H,19,20). The van der Waals surface area contributed by atoms with Gasteiger partial charge in [-0.3, -0.25) is 4.79 Å². The molecule has 1 aromatic heterocycles. The van der Waals surface area contributed by atoms with Crippen molar-refractivity contribution >= 4 is 16.8 Å². The van der Waals surface area contributed by atoms with Crippen molar-refractivity contribution in [2.45, 2.75) is 45.1 Å². The molecule has 0 saturated carbocycles. The van der Waals surface area contributed by atoms with Gasteiger partial charge in [0, 0.05) is 30.1 Å². The highest BCUT2D eigenvalue weighted by atomic mass is 16.3. The number of benzene rings is 1. The third kappa shape index (κ3) is 3.85. The molecule has 0 bridgehead atoms. The van der Waals surface area contributed by atoms with Crippen LogP contribution in [0.15, 0.2) is 30.5 Å². The number of aromatic amines is 1. The molecule has 0 fully saturated rings. The maximum absolute atomic E-state index is 11.9. The zero-order chi connectivity index (χ0) is 15.3. The highest BCUT2D eigenvalue weighted by molar-refractivity contribution is 5.84. The molecule has 4 heteroatoms. The van der Waals surface area contributed by atoms with E-state index < -0.39 is 5.60 Å². The topological polar surface area (TPSA) is 65.1 Å². The van der Waals surface area contributed by atoms with Crippen LogP contribution >= 0.6 is 0 Å². The Bertz CT molecular complexity index is 600. The van der Waals surface area contributed by atoms with Crippen molar-refractivity contribution in [3.05, 3.63) is 36.0 Å². The molecule has 3 N–H and O–H groups in total. The van der Waals surface area contributed by atoms with Crippen molar-refractivity contribution in [2.75, 3.05) is 6.54 Å². The molecular weight excluding hydrogens is 264 g/mol. The van der Waals surface area contributed by atoms with Crippen molar-refractivity contribution < 1.29 is 9.90 Å². The monoisotopic (exact) mass is 288 g/mol. The number of hydrogen-bond donors (Lipinski definition) is 3. The highest BCUT2D eigenvalue weighted by Crippen LogP contribution is 2.19. The fraction of sp³-hybridized carbons (Fsp3) is 0.471. The van der Waals surface area contributed by atoms with Gasteiger partial charge >= 0.3 is 0 Å². The van der Waals surface area contributed by atoms with Crippen molar-refractivity contribution in [1.82, 2.24) is 10.3 Å². The maximum atomic E-state index is 11.9. The summed E-state index contributed by atoms with van der Waals surface area (Å²) in [6.07, 6.45) is 4.39. The Morgan fingerprint density at radius 1 is 1.29 bits per heavy atom. The van der Waals surface area contributed by atoms with Crippen LogP contribution in [-0.2, 0) is 11.2 Å². The molecule has 0 spiro atoms. The van der Waals surface area contributed by atoms with E-state index in [9.17, 15) is 9.90 Å². The second kappa shape index (κ2) is 6.76. The number of carbonyl (C=O) groups is 1. The average Bonchev–Trinajstić information content (AvgIpc) is 2.94. The van der Waals surface area contributed by atoms with Gasteiger partial charge in [0.25, 0.3) is 0 Å². The molecule has 0 unspecified atom stereocenters. The number of carbonyl (C=O) groups excluding carboxylic acids is 1. The lowest BCUT2D eigenvalue weighted by Gasteiger charge is -2.25. The smallest absolute Gasteiger partial charge is 0.220 e. The first-order valence-corrected chi connectivity index (χ1v) is 7.62. The molecule has 4 nitrogen and oxygen atoms in total. The van der Waals surface area contributed by atoms with Crippen LogP contribution in [0.3, 0.4) is 0 Å². The Labute approximate surface area is 125 Å². The number of H-pyrrole nitrogens is 1. The van der Waals surface area contributed by atoms with E-state index in [-0.39, 0.29) is 5.91 Å². The summed E-state index contributed by atoms with van der Waals surface area (Å²) < 4.78 is 0. The van der Waals surface area contributed by atoms with E-state index in [1.165, 1.54) is 5.39 Å². The molecule has 2 aromatic rings. The van der Waals surface area contributed by atoms with Gasteiger partial charge in [-0.25, -0.2) is 0 Å². The van der Waals surface area contributed by atoms with Gasteiger partial charge in [0.15, 0.2) is 0 Å². The lowest BCUT2D eigenvalue weighted by atomic mass is 9.97. The minimum atomic E-state index is -0.781. The zero-order valence-corrected chi connectivity index (χ0v) is 12.8. The van der Waals surface area contributed by atoms with Crippen LogP contribution in [-0.4, -0.2) is 28.1 Å². The van der Waals surface area contributed by atoms with E-state index in [2.05, 4.69) is 16.4 Å². The van der Waals surface area contributed by atoms with Gasteiger partial charge in [0.2, 0.25) is 5.91 Å². The van der Waals surface area contributed by atoms with Gasteiger partial charge in [-0.2, -0.15) is 0 Å². The van der Waals surface area contributed by atoms with Crippen molar-refractivity contribution in [2.24, 2.45) is 0 Å². The van der Waals surface area contributed by atoms with E-state index in [0.29, 0.717) is 32.2 Å².